The molecule has 1 atom stereocenters. The number of carbonyl (C=O) groups excluding carboxylic acids is 1. The van der Waals surface area contributed by atoms with E-state index >= 15 is 0 Å². The summed E-state index contributed by atoms with van der Waals surface area (Å²) in [4.78, 5) is 29.5. The molecular formula is C17H21N3O3. The first-order valence-corrected chi connectivity index (χ1v) is 8.33. The summed E-state index contributed by atoms with van der Waals surface area (Å²) in [7, 11) is 0. The minimum Gasteiger partial charge on any atom is -0.368 e. The molecule has 2 aliphatic rings. The van der Waals surface area contributed by atoms with E-state index in [4.69, 9.17) is 4.74 Å². The Kier molecular flexibility index (Phi) is 3.69. The van der Waals surface area contributed by atoms with Crippen molar-refractivity contribution in [1.29, 1.82) is 0 Å². The number of rotatable bonds is 2. The largest absolute Gasteiger partial charge is 0.368 e. The molecule has 122 valence electrons. The normalized spacial score (nSPS) is 22.8. The van der Waals surface area contributed by atoms with Gasteiger partial charge in [-0.1, -0.05) is 12.1 Å². The Balaban J connectivity index is 1.49. The molecule has 0 radical (unpaired) electrons. The number of imidazole rings is 1. The number of likely N-dealkylation sites (tertiary alicyclic amines) is 1. The van der Waals surface area contributed by atoms with E-state index in [0.29, 0.717) is 19.7 Å². The Bertz CT molecular complexity index is 765. The topological polar surface area (TPSA) is 67.3 Å². The molecule has 0 saturated carbocycles. The molecule has 1 N–H and O–H groups in total. The number of hydrogen-bond acceptors (Lipinski definition) is 3. The predicted molar refractivity (Wildman–Crippen MR) is 86.4 cm³/mol. The fraction of sp³-hybridized carbons (Fsp3) is 0.529. The number of nitrogens with one attached hydrogen (secondary N) is 1. The van der Waals surface area contributed by atoms with Crippen LogP contribution >= 0.6 is 0 Å². The van der Waals surface area contributed by atoms with Crippen molar-refractivity contribution in [1.82, 2.24) is 14.5 Å². The van der Waals surface area contributed by atoms with Crippen molar-refractivity contribution < 1.29 is 9.53 Å². The van der Waals surface area contributed by atoms with Gasteiger partial charge in [0.05, 0.1) is 11.0 Å². The zero-order chi connectivity index (χ0) is 15.8. The molecule has 2 fully saturated rings. The zero-order valence-electron chi connectivity index (χ0n) is 13.0. The highest BCUT2D eigenvalue weighted by Gasteiger charge is 2.31. The van der Waals surface area contributed by atoms with E-state index < -0.39 is 0 Å². The minimum atomic E-state index is -0.248. The summed E-state index contributed by atoms with van der Waals surface area (Å²) < 4.78 is 7.34. The molecule has 6 nitrogen and oxygen atoms in total. The molecule has 4 rings (SSSR count). The molecule has 3 heterocycles. The number of piperidine rings is 1. The highest BCUT2D eigenvalue weighted by molar-refractivity contribution is 5.81. The summed E-state index contributed by atoms with van der Waals surface area (Å²) in [6.07, 6.45) is 3.17. The molecule has 1 amide bonds. The Morgan fingerprint density at radius 3 is 2.70 bits per heavy atom. The van der Waals surface area contributed by atoms with Crippen LogP contribution in [-0.4, -0.2) is 46.2 Å². The number of aromatic nitrogens is 2. The molecule has 6 heteroatoms. The quantitative estimate of drug-likeness (QED) is 0.917. The second-order valence-electron chi connectivity index (χ2n) is 6.38. The minimum absolute atomic E-state index is 0.0601. The molecule has 23 heavy (non-hydrogen) atoms. The molecule has 2 aromatic rings. The third kappa shape index (κ3) is 2.57. The van der Waals surface area contributed by atoms with E-state index in [1.54, 1.807) is 0 Å². The van der Waals surface area contributed by atoms with E-state index in [0.717, 1.165) is 36.7 Å². The monoisotopic (exact) mass is 315 g/mol. The second kappa shape index (κ2) is 5.85. The molecule has 2 saturated heterocycles. The van der Waals surface area contributed by atoms with Crippen molar-refractivity contribution in [3.8, 4) is 0 Å². The maximum absolute atomic E-state index is 12.4. The van der Waals surface area contributed by atoms with E-state index in [1.165, 1.54) is 0 Å². The molecule has 1 aromatic carbocycles. The van der Waals surface area contributed by atoms with Gasteiger partial charge in [0.1, 0.15) is 6.10 Å². The number of H-pyrrole nitrogens is 1. The van der Waals surface area contributed by atoms with Gasteiger partial charge in [0.15, 0.2) is 0 Å². The Morgan fingerprint density at radius 1 is 1.17 bits per heavy atom. The summed E-state index contributed by atoms with van der Waals surface area (Å²) in [5.74, 6) is 0.118. The summed E-state index contributed by atoms with van der Waals surface area (Å²) in [5.41, 5.74) is 1.76. The van der Waals surface area contributed by atoms with Crippen molar-refractivity contribution >= 4 is 16.9 Å². The third-order valence-corrected chi connectivity index (χ3v) is 4.97. The van der Waals surface area contributed by atoms with Gasteiger partial charge in [-0.3, -0.25) is 9.36 Å². The molecule has 0 aliphatic carbocycles. The van der Waals surface area contributed by atoms with Crippen molar-refractivity contribution in [3.05, 3.63) is 34.7 Å². The molecular weight excluding hydrogens is 294 g/mol. The van der Waals surface area contributed by atoms with Gasteiger partial charge in [-0.2, -0.15) is 0 Å². The van der Waals surface area contributed by atoms with Crippen LogP contribution in [0.25, 0.3) is 11.0 Å². The van der Waals surface area contributed by atoms with Gasteiger partial charge in [-0.25, -0.2) is 4.79 Å². The number of nitrogens with zero attached hydrogens (tertiary/aromatic N) is 2. The summed E-state index contributed by atoms with van der Waals surface area (Å²) in [6, 6.07) is 7.90. The fourth-order valence-corrected chi connectivity index (χ4v) is 3.76. The third-order valence-electron chi connectivity index (χ3n) is 4.97. The number of aromatic amines is 1. The smallest absolute Gasteiger partial charge is 0.326 e. The fourth-order valence-electron chi connectivity index (χ4n) is 3.76. The second-order valence-corrected chi connectivity index (χ2v) is 6.38. The average Bonchev–Trinajstić information content (AvgIpc) is 3.21. The van der Waals surface area contributed by atoms with E-state index in [9.17, 15) is 9.59 Å². The Hall–Kier alpha value is -2.08. The van der Waals surface area contributed by atoms with Gasteiger partial charge in [-0.05, 0) is 37.8 Å². The van der Waals surface area contributed by atoms with Gasteiger partial charge in [0.25, 0.3) is 5.91 Å². The van der Waals surface area contributed by atoms with Crippen LogP contribution in [0.1, 0.15) is 31.7 Å². The van der Waals surface area contributed by atoms with Crippen LogP contribution in [-0.2, 0) is 9.53 Å². The Morgan fingerprint density at radius 2 is 1.96 bits per heavy atom. The number of amides is 1. The molecule has 0 bridgehead atoms. The number of benzene rings is 1. The number of carbonyl (C=O) groups is 1. The highest BCUT2D eigenvalue weighted by atomic mass is 16.5. The van der Waals surface area contributed by atoms with Gasteiger partial charge >= 0.3 is 5.69 Å². The lowest BCUT2D eigenvalue weighted by Crippen LogP contribution is -2.44. The number of fused-ring (bicyclic) bond motifs is 1. The van der Waals surface area contributed by atoms with Crippen LogP contribution in [0.2, 0.25) is 0 Å². The number of ether oxygens (including phenoxy) is 1. The van der Waals surface area contributed by atoms with Crippen LogP contribution in [0.15, 0.2) is 29.1 Å². The summed E-state index contributed by atoms with van der Waals surface area (Å²) in [6.45, 7) is 2.07. The van der Waals surface area contributed by atoms with Gasteiger partial charge in [-0.15, -0.1) is 0 Å². The van der Waals surface area contributed by atoms with E-state index in [-0.39, 0.29) is 23.7 Å². The van der Waals surface area contributed by atoms with Crippen molar-refractivity contribution in [2.75, 3.05) is 19.7 Å². The van der Waals surface area contributed by atoms with E-state index in [1.807, 2.05) is 33.7 Å². The van der Waals surface area contributed by atoms with Crippen molar-refractivity contribution in [2.45, 2.75) is 37.8 Å². The van der Waals surface area contributed by atoms with Crippen LogP contribution in [0, 0.1) is 0 Å². The van der Waals surface area contributed by atoms with Gasteiger partial charge < -0.3 is 14.6 Å². The number of para-hydroxylation sites is 2. The average molecular weight is 315 g/mol. The van der Waals surface area contributed by atoms with Crippen LogP contribution in [0.4, 0.5) is 0 Å². The van der Waals surface area contributed by atoms with Crippen molar-refractivity contribution in [3.63, 3.8) is 0 Å². The van der Waals surface area contributed by atoms with Gasteiger partial charge in [0, 0.05) is 25.7 Å². The predicted octanol–water partition coefficient (Wildman–Crippen LogP) is 1.67. The first kappa shape index (κ1) is 14.5. The maximum atomic E-state index is 12.4. The van der Waals surface area contributed by atoms with Crippen molar-refractivity contribution in [2.24, 2.45) is 0 Å². The SMILES string of the molecule is O=C(C1CCCO1)N1CCC(n2c(=O)[nH]c3ccccc32)CC1. The lowest BCUT2D eigenvalue weighted by molar-refractivity contribution is -0.142. The summed E-state index contributed by atoms with van der Waals surface area (Å²) in [5, 5.41) is 0. The first-order chi connectivity index (χ1) is 11.2. The molecule has 2 aliphatic heterocycles. The first-order valence-electron chi connectivity index (χ1n) is 8.33. The van der Waals surface area contributed by atoms with Crippen LogP contribution in [0.3, 0.4) is 0 Å². The van der Waals surface area contributed by atoms with Gasteiger partial charge in [0.2, 0.25) is 0 Å². The molecule has 1 unspecified atom stereocenters. The van der Waals surface area contributed by atoms with E-state index in [2.05, 4.69) is 4.98 Å². The zero-order valence-corrected chi connectivity index (χ0v) is 13.0. The lowest BCUT2D eigenvalue weighted by atomic mass is 10.0. The Labute approximate surface area is 134 Å². The molecule has 0 spiro atoms. The van der Waals surface area contributed by atoms with Crippen LogP contribution < -0.4 is 5.69 Å². The van der Waals surface area contributed by atoms with Crippen LogP contribution in [0.5, 0.6) is 0 Å². The maximum Gasteiger partial charge on any atom is 0.326 e. The lowest BCUT2D eigenvalue weighted by Gasteiger charge is -2.33. The standard InChI is InChI=1S/C17H21N3O3/c21-16(15-6-3-11-23-15)19-9-7-12(8-10-19)20-14-5-2-1-4-13(14)18-17(20)22/h1-2,4-5,12,15H,3,6-11H2,(H,18,22). The molecule has 1 aromatic heterocycles. The summed E-state index contributed by atoms with van der Waals surface area (Å²) >= 11 is 0. The number of hydrogen-bond donors (Lipinski definition) is 1. The highest BCUT2D eigenvalue weighted by Crippen LogP contribution is 2.26.